The van der Waals surface area contributed by atoms with E-state index in [1.165, 1.54) is 16.5 Å². The SMILES string of the molecule is CC(=O)N1CCc2cc(SCl)ccc21. The Kier molecular flexibility index (Phi) is 2.70. The van der Waals surface area contributed by atoms with Gasteiger partial charge in [-0.1, -0.05) is 0 Å². The third-order valence-corrected chi connectivity index (χ3v) is 3.38. The van der Waals surface area contributed by atoms with Crippen LogP contribution in [-0.4, -0.2) is 12.5 Å². The predicted molar refractivity (Wildman–Crippen MR) is 59.9 cm³/mol. The van der Waals surface area contributed by atoms with Crippen molar-refractivity contribution in [3.8, 4) is 0 Å². The van der Waals surface area contributed by atoms with Crippen LogP contribution in [0.3, 0.4) is 0 Å². The van der Waals surface area contributed by atoms with E-state index in [1.54, 1.807) is 11.8 Å². The first kappa shape index (κ1) is 9.87. The molecule has 1 heterocycles. The van der Waals surface area contributed by atoms with Crippen molar-refractivity contribution in [1.82, 2.24) is 0 Å². The van der Waals surface area contributed by atoms with E-state index in [2.05, 4.69) is 6.07 Å². The number of halogens is 1. The van der Waals surface area contributed by atoms with Crippen LogP contribution < -0.4 is 4.90 Å². The summed E-state index contributed by atoms with van der Waals surface area (Å²) < 4.78 is 0. The van der Waals surface area contributed by atoms with E-state index in [0.29, 0.717) is 0 Å². The van der Waals surface area contributed by atoms with E-state index >= 15 is 0 Å². The van der Waals surface area contributed by atoms with Crippen molar-refractivity contribution in [1.29, 1.82) is 0 Å². The normalized spacial score (nSPS) is 14.3. The van der Waals surface area contributed by atoms with E-state index in [9.17, 15) is 4.79 Å². The Balaban J connectivity index is 2.38. The highest BCUT2D eigenvalue weighted by Crippen LogP contribution is 2.32. The molecule has 1 aliphatic heterocycles. The largest absolute Gasteiger partial charge is 0.312 e. The lowest BCUT2D eigenvalue weighted by Crippen LogP contribution is -2.25. The minimum absolute atomic E-state index is 0.107. The topological polar surface area (TPSA) is 20.3 Å². The van der Waals surface area contributed by atoms with Crippen LogP contribution in [0.5, 0.6) is 0 Å². The molecule has 0 spiro atoms. The molecule has 1 amide bonds. The Morgan fingerprint density at radius 2 is 2.36 bits per heavy atom. The number of benzene rings is 1. The molecule has 2 rings (SSSR count). The van der Waals surface area contributed by atoms with Crippen LogP contribution in [0.15, 0.2) is 23.1 Å². The van der Waals surface area contributed by atoms with Gasteiger partial charge in [-0.2, -0.15) is 0 Å². The first-order valence-corrected chi connectivity index (χ1v) is 6.06. The van der Waals surface area contributed by atoms with Gasteiger partial charge >= 0.3 is 0 Å². The predicted octanol–water partition coefficient (Wildman–Crippen LogP) is 2.84. The van der Waals surface area contributed by atoms with Crippen LogP contribution in [0, 0.1) is 0 Å². The summed E-state index contributed by atoms with van der Waals surface area (Å²) in [6, 6.07) is 5.96. The smallest absolute Gasteiger partial charge is 0.223 e. The second-order valence-electron chi connectivity index (χ2n) is 3.29. The maximum absolute atomic E-state index is 11.3. The van der Waals surface area contributed by atoms with E-state index < -0.39 is 0 Å². The molecule has 14 heavy (non-hydrogen) atoms. The molecule has 0 aromatic heterocycles. The van der Waals surface area contributed by atoms with E-state index in [0.717, 1.165) is 23.5 Å². The molecule has 0 aliphatic carbocycles. The Bertz CT molecular complexity index is 380. The summed E-state index contributed by atoms with van der Waals surface area (Å²) in [5.74, 6) is 0.107. The zero-order valence-corrected chi connectivity index (χ0v) is 9.36. The molecule has 2 nitrogen and oxygen atoms in total. The number of fused-ring (bicyclic) bond motifs is 1. The minimum atomic E-state index is 0.107. The highest BCUT2D eigenvalue weighted by molar-refractivity contribution is 8.21. The number of carbonyl (C=O) groups is 1. The quantitative estimate of drug-likeness (QED) is 0.736. The van der Waals surface area contributed by atoms with Gasteiger partial charge in [0.05, 0.1) is 0 Å². The maximum Gasteiger partial charge on any atom is 0.223 e. The molecule has 1 aliphatic rings. The molecule has 74 valence electrons. The van der Waals surface area contributed by atoms with Crippen molar-refractivity contribution >= 4 is 33.3 Å². The molecule has 1 aromatic carbocycles. The van der Waals surface area contributed by atoms with Crippen molar-refractivity contribution in [3.63, 3.8) is 0 Å². The van der Waals surface area contributed by atoms with Crippen LogP contribution in [0.1, 0.15) is 12.5 Å². The standard InChI is InChI=1S/C10H10ClNOS/c1-7(13)12-5-4-8-6-9(14-11)2-3-10(8)12/h2-3,6H,4-5H2,1H3. The van der Waals surface area contributed by atoms with Crippen molar-refractivity contribution in [3.05, 3.63) is 23.8 Å². The molecule has 0 atom stereocenters. The third kappa shape index (κ3) is 1.62. The summed E-state index contributed by atoms with van der Waals surface area (Å²) in [5.41, 5.74) is 2.25. The second-order valence-corrected chi connectivity index (χ2v) is 4.38. The molecular formula is C10H10ClNOS. The van der Waals surface area contributed by atoms with Gasteiger partial charge < -0.3 is 4.90 Å². The summed E-state index contributed by atoms with van der Waals surface area (Å²) in [6.45, 7) is 2.39. The van der Waals surface area contributed by atoms with Crippen LogP contribution >= 0.6 is 21.7 Å². The van der Waals surface area contributed by atoms with Gasteiger partial charge in [-0.05, 0) is 51.8 Å². The maximum atomic E-state index is 11.3. The van der Waals surface area contributed by atoms with E-state index in [4.69, 9.17) is 10.7 Å². The molecular weight excluding hydrogens is 218 g/mol. The molecule has 4 heteroatoms. The summed E-state index contributed by atoms with van der Waals surface area (Å²) >= 11 is 0. The third-order valence-electron chi connectivity index (χ3n) is 2.42. The number of hydrogen-bond donors (Lipinski definition) is 0. The number of hydrogen-bond acceptors (Lipinski definition) is 2. The first-order valence-electron chi connectivity index (χ1n) is 4.42. The summed E-state index contributed by atoms with van der Waals surface area (Å²) in [5, 5.41) is 0. The summed E-state index contributed by atoms with van der Waals surface area (Å²) in [4.78, 5) is 14.1. The molecule has 1 aromatic rings. The lowest BCUT2D eigenvalue weighted by atomic mass is 10.2. The zero-order valence-electron chi connectivity index (χ0n) is 7.79. The lowest BCUT2D eigenvalue weighted by molar-refractivity contribution is -0.116. The molecule has 0 N–H and O–H groups in total. The fourth-order valence-electron chi connectivity index (χ4n) is 1.75. The van der Waals surface area contributed by atoms with Gasteiger partial charge in [-0.3, -0.25) is 4.79 Å². The number of carbonyl (C=O) groups excluding carboxylic acids is 1. The highest BCUT2D eigenvalue weighted by Gasteiger charge is 2.21. The summed E-state index contributed by atoms with van der Waals surface area (Å²) in [7, 11) is 6.88. The van der Waals surface area contributed by atoms with Gasteiger partial charge in [0.2, 0.25) is 5.91 Å². The molecule has 0 fully saturated rings. The van der Waals surface area contributed by atoms with Gasteiger partial charge in [0.15, 0.2) is 0 Å². The Hall–Kier alpha value is -0.670. The van der Waals surface area contributed by atoms with Crippen molar-refractivity contribution in [2.24, 2.45) is 0 Å². The van der Waals surface area contributed by atoms with Crippen LogP contribution in [0.4, 0.5) is 5.69 Å². The van der Waals surface area contributed by atoms with Crippen molar-refractivity contribution in [2.45, 2.75) is 18.2 Å². The average Bonchev–Trinajstić information content (AvgIpc) is 2.59. The van der Waals surface area contributed by atoms with Crippen LogP contribution in [-0.2, 0) is 11.2 Å². The fraction of sp³-hybridized carbons (Fsp3) is 0.300. The van der Waals surface area contributed by atoms with Gasteiger partial charge in [-0.25, -0.2) is 0 Å². The second kappa shape index (κ2) is 3.83. The number of nitrogens with zero attached hydrogens (tertiary/aromatic N) is 1. The number of rotatable bonds is 1. The molecule has 0 unspecified atom stereocenters. The molecule has 0 radical (unpaired) electrons. The fourth-order valence-corrected chi connectivity index (χ4v) is 2.35. The minimum Gasteiger partial charge on any atom is -0.312 e. The van der Waals surface area contributed by atoms with Crippen LogP contribution in [0.2, 0.25) is 0 Å². The molecule has 0 saturated heterocycles. The highest BCUT2D eigenvalue weighted by atomic mass is 35.7. The number of amides is 1. The van der Waals surface area contributed by atoms with Gasteiger partial charge in [-0.15, -0.1) is 0 Å². The lowest BCUT2D eigenvalue weighted by Gasteiger charge is -2.14. The van der Waals surface area contributed by atoms with Gasteiger partial charge in [0.1, 0.15) is 0 Å². The molecule has 0 saturated carbocycles. The summed E-state index contributed by atoms with van der Waals surface area (Å²) in [6.07, 6.45) is 0.931. The van der Waals surface area contributed by atoms with Crippen molar-refractivity contribution < 1.29 is 4.79 Å². The average molecular weight is 228 g/mol. The zero-order chi connectivity index (χ0) is 10.1. The Morgan fingerprint density at radius 3 is 3.00 bits per heavy atom. The van der Waals surface area contributed by atoms with E-state index in [1.807, 2.05) is 12.1 Å². The number of anilines is 1. The van der Waals surface area contributed by atoms with Crippen molar-refractivity contribution in [2.75, 3.05) is 11.4 Å². The monoisotopic (exact) mass is 227 g/mol. The van der Waals surface area contributed by atoms with Gasteiger partial charge in [0.25, 0.3) is 0 Å². The Labute approximate surface area is 91.7 Å². The van der Waals surface area contributed by atoms with Crippen LogP contribution in [0.25, 0.3) is 0 Å². The van der Waals surface area contributed by atoms with E-state index in [-0.39, 0.29) is 5.91 Å². The molecule has 0 bridgehead atoms. The first-order chi connectivity index (χ1) is 6.72. The van der Waals surface area contributed by atoms with Gasteiger partial charge in [0, 0.05) is 24.1 Å². The Morgan fingerprint density at radius 1 is 1.57 bits per heavy atom.